The number of benzene rings is 2. The maximum absolute atomic E-state index is 14.3. The number of nitrogens with one attached hydrogen (secondary N) is 2. The van der Waals surface area contributed by atoms with E-state index in [0.29, 0.717) is 58.0 Å². The largest absolute Gasteiger partial charge is 0.493 e. The van der Waals surface area contributed by atoms with Gasteiger partial charge in [0.15, 0.2) is 11.5 Å². The number of nitrogens with zero attached hydrogens (tertiary/aromatic N) is 2. The highest BCUT2D eigenvalue weighted by atomic mass is 79.9. The van der Waals surface area contributed by atoms with Gasteiger partial charge in [0.25, 0.3) is 0 Å². The monoisotopic (exact) mass is 504 g/mol. The highest BCUT2D eigenvalue weighted by Crippen LogP contribution is 2.35. The molecular weight excluding hydrogens is 479 g/mol. The van der Waals surface area contributed by atoms with Gasteiger partial charge < -0.3 is 20.1 Å². The van der Waals surface area contributed by atoms with E-state index in [2.05, 4.69) is 36.5 Å². The van der Waals surface area contributed by atoms with Crippen LogP contribution in [0.2, 0.25) is 0 Å². The lowest BCUT2D eigenvalue weighted by atomic mass is 10.2. The molecule has 0 saturated carbocycles. The number of hydrogen-bond acceptors (Lipinski definition) is 6. The fourth-order valence-corrected chi connectivity index (χ4v) is 3.52. The van der Waals surface area contributed by atoms with Gasteiger partial charge in [-0.3, -0.25) is 4.79 Å². The van der Waals surface area contributed by atoms with Crippen LogP contribution in [0.1, 0.15) is 32.6 Å². The van der Waals surface area contributed by atoms with Crippen molar-refractivity contribution in [2.24, 2.45) is 0 Å². The Labute approximate surface area is 194 Å². The number of ether oxygens (including phenoxy) is 2. The van der Waals surface area contributed by atoms with Crippen LogP contribution in [0.25, 0.3) is 10.9 Å². The van der Waals surface area contributed by atoms with Gasteiger partial charge >= 0.3 is 0 Å². The molecule has 2 aromatic carbocycles. The van der Waals surface area contributed by atoms with Crippen LogP contribution in [0.4, 0.5) is 15.9 Å². The second-order valence-corrected chi connectivity index (χ2v) is 8.02. The molecule has 3 rings (SSSR count). The van der Waals surface area contributed by atoms with Crippen LogP contribution < -0.4 is 20.1 Å². The summed E-state index contributed by atoms with van der Waals surface area (Å²) in [5.74, 6) is 1.26. The molecule has 0 radical (unpaired) electrons. The Hall–Kier alpha value is -2.94. The number of halogens is 2. The lowest BCUT2D eigenvalue weighted by Gasteiger charge is -2.14. The fraction of sp³-hybridized carbons (Fsp3) is 0.348. The average molecular weight is 505 g/mol. The average Bonchev–Trinajstić information content (AvgIpc) is 2.77. The number of rotatable bonds is 11. The van der Waals surface area contributed by atoms with Crippen LogP contribution in [-0.2, 0) is 4.79 Å². The quantitative estimate of drug-likeness (QED) is 0.342. The second-order valence-electron chi connectivity index (χ2n) is 7.10. The molecule has 1 aromatic heterocycles. The molecule has 0 aliphatic rings. The number of hydrogen-bond donors (Lipinski definition) is 2. The normalized spacial score (nSPS) is 10.8. The van der Waals surface area contributed by atoms with Crippen LogP contribution in [0.5, 0.6) is 11.5 Å². The second kappa shape index (κ2) is 11.6. The van der Waals surface area contributed by atoms with Crippen molar-refractivity contribution in [3.05, 3.63) is 46.9 Å². The lowest BCUT2D eigenvalue weighted by Crippen LogP contribution is -2.22. The number of carbonyl (C=O) groups excluding carboxylic acids is 1. The minimum Gasteiger partial charge on any atom is -0.493 e. The van der Waals surface area contributed by atoms with Gasteiger partial charge in [0.2, 0.25) is 5.91 Å². The summed E-state index contributed by atoms with van der Waals surface area (Å²) >= 11 is 3.25. The minimum absolute atomic E-state index is 0.0803. The Balaban J connectivity index is 1.68. The molecule has 0 unspecified atom stereocenters. The number of unbranched alkanes of at least 4 members (excludes halogenated alkanes) is 2. The van der Waals surface area contributed by atoms with Gasteiger partial charge in [0, 0.05) is 28.9 Å². The van der Waals surface area contributed by atoms with Crippen molar-refractivity contribution in [3.8, 4) is 11.5 Å². The molecule has 7 nitrogen and oxygen atoms in total. The fourth-order valence-electron chi connectivity index (χ4n) is 3.19. The van der Waals surface area contributed by atoms with Crippen molar-refractivity contribution in [1.82, 2.24) is 15.3 Å². The molecule has 2 N–H and O–H groups in total. The van der Waals surface area contributed by atoms with Crippen molar-refractivity contribution >= 4 is 44.2 Å². The Morgan fingerprint density at radius 3 is 2.72 bits per heavy atom. The number of anilines is 2. The summed E-state index contributed by atoms with van der Waals surface area (Å²) in [5, 5.41) is 6.50. The zero-order chi connectivity index (χ0) is 22.9. The topological polar surface area (TPSA) is 85.4 Å². The molecule has 3 aromatic rings. The molecule has 1 amide bonds. The molecule has 32 heavy (non-hydrogen) atoms. The van der Waals surface area contributed by atoms with Crippen LogP contribution in [0.15, 0.2) is 41.1 Å². The first-order valence-corrected chi connectivity index (χ1v) is 11.3. The first-order chi connectivity index (χ1) is 15.5. The molecule has 0 aliphatic carbocycles. The number of aromatic nitrogens is 2. The number of fused-ring (bicyclic) bond motifs is 1. The molecular formula is C23H26BrFN4O3. The van der Waals surface area contributed by atoms with Crippen LogP contribution >= 0.6 is 15.9 Å². The van der Waals surface area contributed by atoms with E-state index in [0.717, 1.165) is 19.3 Å². The van der Waals surface area contributed by atoms with Gasteiger partial charge in [0.1, 0.15) is 18.0 Å². The predicted molar refractivity (Wildman–Crippen MR) is 126 cm³/mol. The summed E-state index contributed by atoms with van der Waals surface area (Å²) in [7, 11) is 1.56. The number of carbonyl (C=O) groups is 1. The van der Waals surface area contributed by atoms with E-state index < -0.39 is 5.82 Å². The van der Waals surface area contributed by atoms with E-state index in [-0.39, 0.29) is 5.91 Å². The van der Waals surface area contributed by atoms with E-state index in [1.165, 1.54) is 12.4 Å². The van der Waals surface area contributed by atoms with Crippen LogP contribution in [0, 0.1) is 5.82 Å². The molecule has 0 bridgehead atoms. The van der Waals surface area contributed by atoms with E-state index in [1.54, 1.807) is 31.4 Å². The van der Waals surface area contributed by atoms with E-state index in [4.69, 9.17) is 9.47 Å². The molecule has 0 atom stereocenters. The number of amides is 1. The Bertz CT molecular complexity index is 1080. The SMILES string of the molecule is CCNC(=O)CCCCCOc1cc2ncnc(Nc3ccc(Br)cc3F)c2cc1OC. The first kappa shape index (κ1) is 23.7. The Morgan fingerprint density at radius 2 is 1.97 bits per heavy atom. The van der Waals surface area contributed by atoms with Crippen molar-refractivity contribution < 1.29 is 18.7 Å². The van der Waals surface area contributed by atoms with Gasteiger partial charge in [-0.2, -0.15) is 0 Å². The Morgan fingerprint density at radius 1 is 1.12 bits per heavy atom. The summed E-state index contributed by atoms with van der Waals surface area (Å²) in [6.07, 6.45) is 4.47. The summed E-state index contributed by atoms with van der Waals surface area (Å²) in [6.45, 7) is 3.06. The van der Waals surface area contributed by atoms with Crippen molar-refractivity contribution in [1.29, 1.82) is 0 Å². The molecule has 0 saturated heterocycles. The molecule has 0 aliphatic heterocycles. The molecule has 1 heterocycles. The minimum atomic E-state index is -0.398. The highest BCUT2D eigenvalue weighted by Gasteiger charge is 2.13. The van der Waals surface area contributed by atoms with E-state index >= 15 is 0 Å². The maximum atomic E-state index is 14.3. The van der Waals surface area contributed by atoms with Gasteiger partial charge in [-0.25, -0.2) is 14.4 Å². The smallest absolute Gasteiger partial charge is 0.219 e. The van der Waals surface area contributed by atoms with Gasteiger partial charge in [-0.05, 0) is 50.5 Å². The zero-order valence-electron chi connectivity index (χ0n) is 18.1. The summed E-state index contributed by atoms with van der Waals surface area (Å²) in [4.78, 5) is 20.1. The first-order valence-electron chi connectivity index (χ1n) is 10.5. The summed E-state index contributed by atoms with van der Waals surface area (Å²) in [5.41, 5.74) is 0.951. The van der Waals surface area contributed by atoms with Crippen molar-refractivity contribution in [2.45, 2.75) is 32.6 Å². The summed E-state index contributed by atoms with van der Waals surface area (Å²) in [6, 6.07) is 8.33. The van der Waals surface area contributed by atoms with E-state index in [9.17, 15) is 9.18 Å². The predicted octanol–water partition coefficient (Wildman–Crippen LogP) is 5.36. The van der Waals surface area contributed by atoms with Gasteiger partial charge in [0.05, 0.1) is 24.9 Å². The van der Waals surface area contributed by atoms with Gasteiger partial charge in [-0.15, -0.1) is 0 Å². The Kier molecular flexibility index (Phi) is 8.61. The maximum Gasteiger partial charge on any atom is 0.219 e. The van der Waals surface area contributed by atoms with Gasteiger partial charge in [-0.1, -0.05) is 15.9 Å². The van der Waals surface area contributed by atoms with E-state index in [1.807, 2.05) is 6.92 Å². The molecule has 170 valence electrons. The van der Waals surface area contributed by atoms with Crippen molar-refractivity contribution in [3.63, 3.8) is 0 Å². The summed E-state index contributed by atoms with van der Waals surface area (Å²) < 4.78 is 26.3. The third-order valence-corrected chi connectivity index (χ3v) is 5.28. The molecule has 0 fully saturated rings. The van der Waals surface area contributed by atoms with Crippen molar-refractivity contribution in [2.75, 3.05) is 25.6 Å². The standard InChI is InChI=1S/C23H26BrFN4O3/c1-3-26-22(30)7-5-4-6-10-32-21-13-19-16(12-20(21)31-2)23(28-14-27-19)29-18-9-8-15(24)11-17(18)25/h8-9,11-14H,3-7,10H2,1-2H3,(H,26,30)(H,27,28,29). The lowest BCUT2D eigenvalue weighted by molar-refractivity contribution is -0.121. The highest BCUT2D eigenvalue weighted by molar-refractivity contribution is 9.10. The third-order valence-electron chi connectivity index (χ3n) is 4.78. The van der Waals surface area contributed by atoms with Crippen LogP contribution in [0.3, 0.4) is 0 Å². The molecule has 9 heteroatoms. The third kappa shape index (κ3) is 6.29. The van der Waals surface area contributed by atoms with Crippen LogP contribution in [-0.4, -0.2) is 36.1 Å². The number of methoxy groups -OCH3 is 1. The molecule has 0 spiro atoms. The zero-order valence-corrected chi connectivity index (χ0v) is 19.7.